The van der Waals surface area contributed by atoms with E-state index in [9.17, 15) is 29.4 Å². The molecule has 0 aliphatic rings. The van der Waals surface area contributed by atoms with Crippen LogP contribution in [0.5, 0.6) is 0 Å². The first kappa shape index (κ1) is 50.6. The molecule has 0 unspecified atom stereocenters. The molecule has 14 nitrogen and oxygen atoms in total. The fraction of sp³-hybridized carbons (Fsp3) is 0.600. The van der Waals surface area contributed by atoms with E-state index >= 15 is 0 Å². The average Bonchev–Trinajstić information content (AvgIpc) is 2.22. The summed E-state index contributed by atoms with van der Waals surface area (Å²) in [6.45, 7) is -2.75. The molecule has 0 fully saturated rings. The zero-order valence-electron chi connectivity index (χ0n) is 14.8. The third-order valence-corrected chi connectivity index (χ3v) is 2.16. The summed E-state index contributed by atoms with van der Waals surface area (Å²) in [4.78, 5) is 43.9. The third kappa shape index (κ3) is 34.1. The second-order valence-electron chi connectivity index (χ2n) is 3.95. The largest absolute Gasteiger partial charge is 1.00 e. The minimum Gasteiger partial charge on any atom is -0.549 e. The Labute approximate surface area is 209 Å². The number of carboxylic acids is 4. The Morgan fingerprint density at radius 1 is 0.630 bits per heavy atom. The van der Waals surface area contributed by atoms with Gasteiger partial charge in [-0.15, -0.1) is 0 Å². The standard InChI is InChI=1S/C10H16N2O8.Cu.2Na.4H2O/c13-7(14)3-11(4-8(15)16)1-2-12(5-9(17)18)6-10(19)20;;;;;;;/h1-6H2,(H,13,14)(H,15,16)(H,17,18)(H,19,20);;;;4*1H2/q;;2*+1;;;;/p-2. The molecule has 0 saturated carbocycles. The van der Waals surface area contributed by atoms with Crippen LogP contribution in [-0.4, -0.2) is 105 Å². The fourth-order valence-corrected chi connectivity index (χ4v) is 1.46. The number of aliphatic carboxylic acids is 4. The molecule has 0 bridgehead atoms. The van der Waals surface area contributed by atoms with Gasteiger partial charge in [0.25, 0.3) is 0 Å². The van der Waals surface area contributed by atoms with Crippen molar-refractivity contribution >= 4 is 23.9 Å². The average molecular weight is 472 g/mol. The van der Waals surface area contributed by atoms with Gasteiger partial charge < -0.3 is 51.9 Å². The molecule has 0 rings (SSSR count). The van der Waals surface area contributed by atoms with E-state index in [1.807, 2.05) is 0 Å². The number of hydrogen-bond acceptors (Lipinski definition) is 8. The van der Waals surface area contributed by atoms with Crippen molar-refractivity contribution in [2.45, 2.75) is 0 Å². The van der Waals surface area contributed by atoms with Crippen LogP contribution in [0.1, 0.15) is 0 Å². The summed E-state index contributed by atoms with van der Waals surface area (Å²) in [5, 5.41) is 38.0. The molecule has 0 aromatic heterocycles. The van der Waals surface area contributed by atoms with Gasteiger partial charge in [0.1, 0.15) is 0 Å². The minimum atomic E-state index is -1.51. The van der Waals surface area contributed by atoms with E-state index < -0.39 is 50.1 Å². The van der Waals surface area contributed by atoms with Gasteiger partial charge in [-0.05, 0) is 0 Å². The Balaban J connectivity index is -0.0000000860. The van der Waals surface area contributed by atoms with Crippen molar-refractivity contribution < 1.29 is 138 Å². The van der Waals surface area contributed by atoms with Crippen molar-refractivity contribution in [1.82, 2.24) is 9.80 Å². The number of carbonyl (C=O) groups excluding carboxylic acids is 2. The van der Waals surface area contributed by atoms with Gasteiger partial charge in [-0.3, -0.25) is 19.4 Å². The first-order valence-corrected chi connectivity index (χ1v) is 5.48. The van der Waals surface area contributed by atoms with E-state index in [0.29, 0.717) is 0 Å². The van der Waals surface area contributed by atoms with Gasteiger partial charge in [-0.25, -0.2) is 0 Å². The van der Waals surface area contributed by atoms with Crippen LogP contribution in [-0.2, 0) is 36.2 Å². The van der Waals surface area contributed by atoms with Gasteiger partial charge in [-0.2, -0.15) is 0 Å². The van der Waals surface area contributed by atoms with E-state index in [2.05, 4.69) is 0 Å². The predicted molar refractivity (Wildman–Crippen MR) is 72.6 cm³/mol. The number of carbonyl (C=O) groups is 4. The summed E-state index contributed by atoms with van der Waals surface area (Å²) in [5.41, 5.74) is 0. The van der Waals surface area contributed by atoms with Gasteiger partial charge in [0.2, 0.25) is 0 Å². The molecule has 0 heterocycles. The van der Waals surface area contributed by atoms with Crippen molar-refractivity contribution in [2.24, 2.45) is 0 Å². The minimum absolute atomic E-state index is 0. The first-order valence-electron chi connectivity index (χ1n) is 5.48. The van der Waals surface area contributed by atoms with Crippen molar-refractivity contribution in [1.29, 1.82) is 0 Å². The van der Waals surface area contributed by atoms with Crippen LogP contribution >= 0.6 is 0 Å². The molecule has 27 heavy (non-hydrogen) atoms. The van der Waals surface area contributed by atoms with Crippen LogP contribution < -0.4 is 69.3 Å². The molecule has 0 aliphatic heterocycles. The molecule has 0 atom stereocenters. The molecule has 0 spiro atoms. The number of hydrogen-bond donors (Lipinski definition) is 2. The van der Waals surface area contributed by atoms with Gasteiger partial charge in [0.15, 0.2) is 0 Å². The van der Waals surface area contributed by atoms with Crippen LogP contribution in [0.25, 0.3) is 0 Å². The fourth-order valence-electron chi connectivity index (χ4n) is 1.46. The molecule has 0 saturated heterocycles. The van der Waals surface area contributed by atoms with Crippen molar-refractivity contribution in [2.75, 3.05) is 39.3 Å². The summed E-state index contributed by atoms with van der Waals surface area (Å²) in [6, 6.07) is 0. The van der Waals surface area contributed by atoms with Crippen LogP contribution in [0, 0.1) is 0 Å². The smallest absolute Gasteiger partial charge is 0.549 e. The Morgan fingerprint density at radius 3 is 1.04 bits per heavy atom. The summed E-state index contributed by atoms with van der Waals surface area (Å²) >= 11 is 0. The van der Waals surface area contributed by atoms with Gasteiger partial charge in [-0.1, -0.05) is 0 Å². The molecular weight excluding hydrogens is 450 g/mol. The first-order chi connectivity index (χ1) is 9.20. The molecule has 0 aromatic rings. The molecule has 157 valence electrons. The van der Waals surface area contributed by atoms with Crippen LogP contribution in [0.15, 0.2) is 0 Å². The number of rotatable bonds is 11. The van der Waals surface area contributed by atoms with Crippen LogP contribution in [0.2, 0.25) is 0 Å². The summed E-state index contributed by atoms with van der Waals surface area (Å²) in [7, 11) is 0. The zero-order chi connectivity index (χ0) is 15.7. The van der Waals surface area contributed by atoms with Gasteiger partial charge in [0.05, 0.1) is 25.0 Å². The number of carboxylic acid groups (broad SMARTS) is 4. The summed E-state index contributed by atoms with van der Waals surface area (Å²) in [6.07, 6.45) is 0. The molecule has 10 N–H and O–H groups in total. The normalized spacial score (nSPS) is 7.93. The second kappa shape index (κ2) is 28.4. The Morgan fingerprint density at radius 2 is 0.852 bits per heavy atom. The molecule has 0 amide bonds. The summed E-state index contributed by atoms with van der Waals surface area (Å²) in [5.74, 6) is -5.52. The second-order valence-corrected chi connectivity index (χ2v) is 3.95. The maximum Gasteiger partial charge on any atom is 1.00 e. The summed E-state index contributed by atoms with van der Waals surface area (Å²) < 4.78 is 0. The Bertz CT molecular complexity index is 336. The van der Waals surface area contributed by atoms with E-state index in [0.717, 1.165) is 9.80 Å². The quantitative estimate of drug-likeness (QED) is 0.268. The maximum atomic E-state index is 10.5. The maximum absolute atomic E-state index is 10.5. The molecule has 0 aromatic carbocycles. The van der Waals surface area contributed by atoms with E-state index in [1.165, 1.54) is 0 Å². The molecular formula is C10H22CuN2Na2O12. The van der Waals surface area contributed by atoms with E-state index in [4.69, 9.17) is 10.2 Å². The SMILES string of the molecule is O.O.O.O.O=C([O-])CN(CCN(CC(=O)O)CC(=O)O)CC(=O)[O-].[Cu].[Na+].[Na+]. The molecule has 1 radical (unpaired) electrons. The third-order valence-electron chi connectivity index (χ3n) is 2.16. The monoisotopic (exact) mass is 471 g/mol. The van der Waals surface area contributed by atoms with Crippen molar-refractivity contribution in [3.63, 3.8) is 0 Å². The predicted octanol–water partition coefficient (Wildman–Crippen LogP) is -14.0. The van der Waals surface area contributed by atoms with Crippen molar-refractivity contribution in [3.05, 3.63) is 0 Å². The topological polar surface area (TPSA) is 287 Å². The van der Waals surface area contributed by atoms with Gasteiger partial charge in [0, 0.05) is 43.2 Å². The molecule has 17 heteroatoms. The zero-order valence-corrected chi connectivity index (χ0v) is 19.7. The Hall–Kier alpha value is 0.159. The van der Waals surface area contributed by atoms with Crippen LogP contribution in [0.3, 0.4) is 0 Å². The van der Waals surface area contributed by atoms with E-state index in [1.54, 1.807) is 0 Å². The molecule has 0 aliphatic carbocycles. The van der Waals surface area contributed by atoms with Gasteiger partial charge >= 0.3 is 71.1 Å². The Kier molecular flexibility index (Phi) is 53.2. The number of nitrogens with zero attached hydrogens (tertiary/aromatic N) is 2. The van der Waals surface area contributed by atoms with E-state index in [-0.39, 0.29) is 111 Å². The van der Waals surface area contributed by atoms with Crippen molar-refractivity contribution in [3.8, 4) is 0 Å². The van der Waals surface area contributed by atoms with Crippen LogP contribution in [0.4, 0.5) is 0 Å².